The van der Waals surface area contributed by atoms with E-state index in [1.165, 1.54) is 25.0 Å². The molecule has 1 saturated heterocycles. The summed E-state index contributed by atoms with van der Waals surface area (Å²) in [7, 11) is 0. The van der Waals surface area contributed by atoms with E-state index in [2.05, 4.69) is 41.4 Å². The van der Waals surface area contributed by atoms with Gasteiger partial charge in [-0.2, -0.15) is 5.10 Å². The third-order valence-corrected chi connectivity index (χ3v) is 8.95. The van der Waals surface area contributed by atoms with Gasteiger partial charge in [0.2, 0.25) is 5.91 Å². The van der Waals surface area contributed by atoms with Crippen molar-refractivity contribution in [3.05, 3.63) is 115 Å². The number of aromatic amines is 2. The maximum Gasteiger partial charge on any atom is 0.228 e. The van der Waals surface area contributed by atoms with Gasteiger partial charge in [0.25, 0.3) is 0 Å². The van der Waals surface area contributed by atoms with Crippen molar-refractivity contribution >= 4 is 33.4 Å². The summed E-state index contributed by atoms with van der Waals surface area (Å²) in [5, 5.41) is 12.5. The number of pyridine rings is 2. The zero-order chi connectivity index (χ0) is 33.2. The van der Waals surface area contributed by atoms with E-state index in [4.69, 9.17) is 4.74 Å². The summed E-state index contributed by atoms with van der Waals surface area (Å²) in [5.41, 5.74) is 7.92. The topological polar surface area (TPSA) is 112 Å². The predicted molar refractivity (Wildman–Crippen MR) is 190 cm³/mol. The Morgan fingerprint density at radius 2 is 1.71 bits per heavy atom. The fourth-order valence-electron chi connectivity index (χ4n) is 6.54. The van der Waals surface area contributed by atoms with Gasteiger partial charge in [0.15, 0.2) is 0 Å². The summed E-state index contributed by atoms with van der Waals surface area (Å²) in [4.78, 5) is 27.6. The monoisotopic (exact) mass is 651 g/mol. The highest BCUT2D eigenvalue weighted by Gasteiger charge is 2.17. The Kier molecular flexibility index (Phi) is 8.28. The summed E-state index contributed by atoms with van der Waals surface area (Å²) in [6.45, 7) is 3.51. The summed E-state index contributed by atoms with van der Waals surface area (Å²) in [5.74, 6) is 0.0113. The number of hydrogen-bond donors (Lipinski definition) is 3. The van der Waals surface area contributed by atoms with E-state index in [0.717, 1.165) is 69.5 Å². The number of amides is 1. The number of H-pyrrole nitrogens is 2. The number of aromatic nitrogens is 5. The van der Waals surface area contributed by atoms with Crippen molar-refractivity contribution in [1.82, 2.24) is 30.0 Å². The molecule has 0 spiro atoms. The lowest BCUT2D eigenvalue weighted by atomic mass is 10.0. The molecule has 9 nitrogen and oxygen atoms in total. The van der Waals surface area contributed by atoms with Gasteiger partial charge in [0.1, 0.15) is 23.9 Å². The molecule has 0 saturated carbocycles. The number of likely N-dealkylation sites (tertiary alicyclic amines) is 1. The summed E-state index contributed by atoms with van der Waals surface area (Å²) in [6.07, 6.45) is 7.86. The minimum absolute atomic E-state index is 0.107. The molecule has 49 heavy (non-hydrogen) atoms. The summed E-state index contributed by atoms with van der Waals surface area (Å²) < 4.78 is 20.8. The molecule has 244 valence electrons. The number of benzene rings is 3. The van der Waals surface area contributed by atoms with Gasteiger partial charge in [0.05, 0.1) is 35.2 Å². The van der Waals surface area contributed by atoms with Crippen molar-refractivity contribution in [3.8, 4) is 39.5 Å². The van der Waals surface area contributed by atoms with Gasteiger partial charge >= 0.3 is 0 Å². The van der Waals surface area contributed by atoms with Crippen LogP contribution in [0, 0.1) is 5.82 Å². The van der Waals surface area contributed by atoms with E-state index >= 15 is 0 Å². The molecule has 0 atom stereocenters. The molecule has 3 N–H and O–H groups in total. The highest BCUT2D eigenvalue weighted by molar-refractivity contribution is 6.01. The van der Waals surface area contributed by atoms with Gasteiger partial charge in [-0.05, 0) is 79.5 Å². The zero-order valence-electron chi connectivity index (χ0n) is 26.7. The van der Waals surface area contributed by atoms with Gasteiger partial charge < -0.3 is 15.0 Å². The Morgan fingerprint density at radius 3 is 2.59 bits per heavy atom. The van der Waals surface area contributed by atoms with E-state index in [1.54, 1.807) is 18.6 Å². The van der Waals surface area contributed by atoms with Crippen molar-refractivity contribution in [3.63, 3.8) is 0 Å². The summed E-state index contributed by atoms with van der Waals surface area (Å²) >= 11 is 0. The lowest BCUT2D eigenvalue weighted by Crippen LogP contribution is -2.25. The number of carbonyl (C=O) groups excluding carboxylic acids is 1. The Balaban J connectivity index is 1.06. The Morgan fingerprint density at radius 1 is 0.857 bits per heavy atom. The quantitative estimate of drug-likeness (QED) is 0.140. The standard InChI is InChI=1S/C39H34FN7O2/c40-29-17-27(19-31(21-29)49-15-14-47-12-4-5-13-47)38-33-22-36(44-34(33)10-11-42-38)39-32-20-26(8-9-35(32)45-46-39)28-18-30(24-41-23-28)43-37(48)16-25-6-2-1-3-7-25/h1-3,6-11,17-24,44H,4-5,12-16H2,(H,43,48)(H,45,46). The van der Waals surface area contributed by atoms with Crippen LogP contribution in [0.15, 0.2) is 104 Å². The first kappa shape index (κ1) is 30.5. The number of hydrogen-bond acceptors (Lipinski definition) is 6. The number of fused-ring (bicyclic) bond motifs is 2. The number of anilines is 1. The largest absolute Gasteiger partial charge is 0.492 e. The Labute approximate surface area is 282 Å². The van der Waals surface area contributed by atoms with Crippen molar-refractivity contribution in [1.29, 1.82) is 0 Å². The number of rotatable bonds is 10. The third-order valence-electron chi connectivity index (χ3n) is 8.95. The van der Waals surface area contributed by atoms with Crippen molar-refractivity contribution < 1.29 is 13.9 Å². The molecule has 10 heteroatoms. The number of nitrogens with one attached hydrogen (secondary N) is 3. The van der Waals surface area contributed by atoms with Crippen LogP contribution in [-0.4, -0.2) is 62.2 Å². The van der Waals surface area contributed by atoms with E-state index in [1.807, 2.05) is 66.7 Å². The fraction of sp³-hybridized carbons (Fsp3) is 0.179. The van der Waals surface area contributed by atoms with E-state index in [9.17, 15) is 9.18 Å². The molecule has 1 amide bonds. The average molecular weight is 652 g/mol. The van der Waals surface area contributed by atoms with Gasteiger partial charge in [0, 0.05) is 52.4 Å². The fourth-order valence-corrected chi connectivity index (χ4v) is 6.54. The zero-order valence-corrected chi connectivity index (χ0v) is 26.7. The first-order valence-corrected chi connectivity index (χ1v) is 16.5. The molecule has 0 aliphatic carbocycles. The molecule has 0 radical (unpaired) electrons. The van der Waals surface area contributed by atoms with Gasteiger partial charge in [-0.1, -0.05) is 36.4 Å². The van der Waals surface area contributed by atoms with Crippen LogP contribution < -0.4 is 10.1 Å². The molecule has 1 aliphatic heterocycles. The number of carbonyl (C=O) groups is 1. The highest BCUT2D eigenvalue weighted by atomic mass is 19.1. The minimum Gasteiger partial charge on any atom is -0.492 e. The van der Waals surface area contributed by atoms with E-state index < -0.39 is 0 Å². The van der Waals surface area contributed by atoms with Crippen molar-refractivity contribution in [2.75, 3.05) is 31.6 Å². The molecule has 1 aliphatic rings. The second-order valence-electron chi connectivity index (χ2n) is 12.4. The smallest absolute Gasteiger partial charge is 0.228 e. The number of halogens is 1. The molecule has 0 bridgehead atoms. The molecule has 3 aromatic carbocycles. The van der Waals surface area contributed by atoms with Crippen LogP contribution in [0.4, 0.5) is 10.1 Å². The molecular formula is C39H34FN7O2. The Hall–Kier alpha value is -5.87. The first-order valence-electron chi connectivity index (χ1n) is 16.5. The van der Waals surface area contributed by atoms with E-state index in [0.29, 0.717) is 29.3 Å². The lowest BCUT2D eigenvalue weighted by Gasteiger charge is -2.15. The van der Waals surface area contributed by atoms with Crippen LogP contribution in [0.1, 0.15) is 18.4 Å². The highest BCUT2D eigenvalue weighted by Crippen LogP contribution is 2.35. The molecular weight excluding hydrogens is 617 g/mol. The molecule has 4 aromatic heterocycles. The predicted octanol–water partition coefficient (Wildman–Crippen LogP) is 7.63. The lowest BCUT2D eigenvalue weighted by molar-refractivity contribution is -0.115. The number of nitrogens with zero attached hydrogens (tertiary/aromatic N) is 4. The van der Waals surface area contributed by atoms with Gasteiger partial charge in [-0.15, -0.1) is 0 Å². The molecule has 8 rings (SSSR count). The van der Waals surface area contributed by atoms with Gasteiger partial charge in [-0.25, -0.2) is 4.39 Å². The molecule has 0 unspecified atom stereocenters. The van der Waals surface area contributed by atoms with Crippen LogP contribution in [0.25, 0.3) is 55.6 Å². The Bertz CT molecular complexity index is 2270. The molecule has 1 fully saturated rings. The third kappa shape index (κ3) is 6.63. The molecule has 7 aromatic rings. The second-order valence-corrected chi connectivity index (χ2v) is 12.4. The second kappa shape index (κ2) is 13.3. The van der Waals surface area contributed by atoms with Crippen LogP contribution in [0.5, 0.6) is 5.75 Å². The summed E-state index contributed by atoms with van der Waals surface area (Å²) in [6, 6.07) is 26.3. The molecule has 5 heterocycles. The maximum atomic E-state index is 14.8. The van der Waals surface area contributed by atoms with Crippen LogP contribution >= 0.6 is 0 Å². The first-order chi connectivity index (χ1) is 24.1. The SMILES string of the molecule is O=C(Cc1ccccc1)Nc1cncc(-c2ccc3[nH]nc(-c4cc5c(-c6cc(F)cc(OCCN7CCCC7)c6)nccc5[nH]4)c3c2)c1. The minimum atomic E-state index is -0.372. The van der Waals surface area contributed by atoms with Crippen LogP contribution in [0.3, 0.4) is 0 Å². The van der Waals surface area contributed by atoms with Crippen LogP contribution in [-0.2, 0) is 11.2 Å². The number of ether oxygens (including phenoxy) is 1. The average Bonchev–Trinajstić information content (AvgIpc) is 3.88. The van der Waals surface area contributed by atoms with Crippen molar-refractivity contribution in [2.24, 2.45) is 0 Å². The van der Waals surface area contributed by atoms with Crippen molar-refractivity contribution in [2.45, 2.75) is 19.3 Å². The van der Waals surface area contributed by atoms with Gasteiger partial charge in [-0.3, -0.25) is 24.8 Å². The van der Waals surface area contributed by atoms with Crippen LogP contribution in [0.2, 0.25) is 0 Å². The normalized spacial score (nSPS) is 13.3. The van der Waals surface area contributed by atoms with E-state index in [-0.39, 0.29) is 18.1 Å². The maximum absolute atomic E-state index is 14.8.